The molecule has 222 valence electrons. The molecule has 3 N–H and O–H groups in total. The minimum absolute atomic E-state index is 0. The van der Waals surface area contributed by atoms with Crippen molar-refractivity contribution in [2.24, 2.45) is 20.9 Å². The van der Waals surface area contributed by atoms with Crippen LogP contribution in [-0.4, -0.2) is 70.2 Å². The molecule has 10 heteroatoms. The van der Waals surface area contributed by atoms with Crippen LogP contribution in [0.1, 0.15) is 36.5 Å². The molecule has 1 amide bonds. The molecule has 3 saturated heterocycles. The van der Waals surface area contributed by atoms with Gasteiger partial charge in [-0.25, -0.2) is 14.8 Å². The Balaban J connectivity index is 0.000000159. The van der Waals surface area contributed by atoms with Crippen molar-refractivity contribution in [1.29, 1.82) is 0 Å². The monoisotopic (exact) mass is 601 g/mol. The number of amides is 1. The maximum atomic E-state index is 12.4. The van der Waals surface area contributed by atoms with Gasteiger partial charge < -0.3 is 20.8 Å². The molecule has 6 aliphatic rings. The molecule has 3 fully saturated rings. The van der Waals surface area contributed by atoms with E-state index in [1.165, 1.54) is 37.2 Å². The van der Waals surface area contributed by atoms with E-state index in [9.17, 15) is 9.59 Å². The van der Waals surface area contributed by atoms with Gasteiger partial charge >= 0.3 is 35.5 Å². The van der Waals surface area contributed by atoms with Gasteiger partial charge in [-0.05, 0) is 73.7 Å². The van der Waals surface area contributed by atoms with Crippen molar-refractivity contribution in [3.05, 3.63) is 89.5 Å². The number of hydrogen-bond acceptors (Lipinski definition) is 7. The van der Waals surface area contributed by atoms with E-state index in [-0.39, 0.29) is 46.7 Å². The van der Waals surface area contributed by atoms with Crippen molar-refractivity contribution in [3.63, 3.8) is 0 Å². The van der Waals surface area contributed by atoms with Gasteiger partial charge in [-0.3, -0.25) is 9.79 Å². The number of fused-ring (bicyclic) bond motifs is 6. The van der Waals surface area contributed by atoms with Gasteiger partial charge in [0.05, 0.1) is 17.1 Å². The molecule has 3 aromatic carbocycles. The van der Waals surface area contributed by atoms with E-state index in [1.807, 2.05) is 54.6 Å². The molecule has 0 spiro atoms. The van der Waals surface area contributed by atoms with Crippen molar-refractivity contribution in [2.75, 3.05) is 19.6 Å². The van der Waals surface area contributed by atoms with Crippen LogP contribution in [0.15, 0.2) is 87.8 Å². The normalized spacial score (nSPS) is 21.1. The van der Waals surface area contributed by atoms with Gasteiger partial charge in [-0.15, -0.1) is 0 Å². The summed E-state index contributed by atoms with van der Waals surface area (Å²) in [6, 6.07) is 24.1. The van der Waals surface area contributed by atoms with E-state index >= 15 is 0 Å². The fourth-order valence-electron chi connectivity index (χ4n) is 6.19. The first-order chi connectivity index (χ1) is 20.4. The average molecular weight is 602 g/mol. The van der Waals surface area contributed by atoms with E-state index in [0.717, 1.165) is 41.2 Å². The summed E-state index contributed by atoms with van der Waals surface area (Å²) < 4.78 is 0. The van der Waals surface area contributed by atoms with Gasteiger partial charge in [0.25, 0.3) is 5.91 Å². The van der Waals surface area contributed by atoms with E-state index < -0.39 is 5.97 Å². The Hall–Kier alpha value is -3.47. The molecule has 1 atom stereocenters. The molecular weight excluding hydrogens is 565 g/mol. The van der Waals surface area contributed by atoms with E-state index in [0.29, 0.717) is 30.5 Å². The molecule has 1 unspecified atom stereocenters. The third kappa shape index (κ3) is 7.78. The van der Waals surface area contributed by atoms with Gasteiger partial charge in [-0.1, -0.05) is 54.6 Å². The molecule has 6 heterocycles. The Morgan fingerprint density at radius 3 is 1.70 bits per heavy atom. The summed E-state index contributed by atoms with van der Waals surface area (Å²) >= 11 is 0. The molecule has 44 heavy (non-hydrogen) atoms. The zero-order chi connectivity index (χ0) is 29.1. The van der Waals surface area contributed by atoms with Crippen molar-refractivity contribution in [3.8, 4) is 0 Å². The largest absolute Gasteiger partial charge is 1.00 e. The molecule has 0 radical (unpaired) electrons. The SMILES string of the molecule is CC1=Nc2ccccc2C1.O=C(NC1CN2CCC1CC2)C1=Nc2ccccc2C1.O=C(O)C1=Nc2ccccc2C1.[Na+].[OH-]. The number of hydrogen-bond donors (Lipinski definition) is 2. The van der Waals surface area contributed by atoms with Crippen molar-refractivity contribution in [2.45, 2.75) is 45.1 Å². The number of carbonyl (C=O) groups is 2. The Morgan fingerprint density at radius 1 is 0.750 bits per heavy atom. The van der Waals surface area contributed by atoms with Crippen molar-refractivity contribution < 1.29 is 49.7 Å². The zero-order valence-corrected chi connectivity index (χ0v) is 27.2. The second-order valence-corrected chi connectivity index (χ2v) is 11.4. The van der Waals surface area contributed by atoms with Gasteiger partial charge in [-0.2, -0.15) is 0 Å². The molecule has 9 rings (SSSR count). The molecule has 3 aromatic rings. The van der Waals surface area contributed by atoms with Crippen molar-refractivity contribution >= 4 is 46.1 Å². The second-order valence-electron chi connectivity index (χ2n) is 11.4. The standard InChI is InChI=1S/C16H19N3O.C9H7NO2.C9H9N.Na.H2O/c20-16(14-9-12-3-1-2-4-13(12)17-14)18-15-10-19-7-5-11(15)6-8-19;11-9(12)8-5-6-3-1-2-4-7(6)10-8;1-7-6-8-4-2-3-5-9(8)10-7;;/h1-4,11,15H,5-10H2,(H,18,20);1-4H,5H2,(H,11,12);2-5H,6H2,1H3;;1H2/q;;;+1;/p-1. The molecule has 0 aromatic heterocycles. The number of carbonyl (C=O) groups excluding carboxylic acids is 1. The van der Waals surface area contributed by atoms with Crippen LogP contribution in [0.2, 0.25) is 0 Å². The molecule has 0 aliphatic carbocycles. The third-order valence-electron chi connectivity index (χ3n) is 8.44. The van der Waals surface area contributed by atoms with E-state index in [4.69, 9.17) is 5.11 Å². The smallest absolute Gasteiger partial charge is 0.870 e. The number of para-hydroxylation sites is 3. The molecule has 2 bridgehead atoms. The quantitative estimate of drug-likeness (QED) is 0.443. The van der Waals surface area contributed by atoms with E-state index in [1.54, 1.807) is 0 Å². The molecule has 9 nitrogen and oxygen atoms in total. The predicted octanol–water partition coefficient (Wildman–Crippen LogP) is 2.09. The van der Waals surface area contributed by atoms with Gasteiger partial charge in [0.1, 0.15) is 11.4 Å². The number of carboxylic acid groups (broad SMARTS) is 1. The first-order valence-electron chi connectivity index (χ1n) is 14.6. The minimum Gasteiger partial charge on any atom is -0.870 e. The predicted molar refractivity (Wildman–Crippen MR) is 168 cm³/mol. The Morgan fingerprint density at radius 2 is 1.23 bits per heavy atom. The van der Waals surface area contributed by atoms with Crippen LogP contribution in [0.5, 0.6) is 0 Å². The summed E-state index contributed by atoms with van der Waals surface area (Å²) in [4.78, 5) is 38.2. The van der Waals surface area contributed by atoms with Crippen LogP contribution in [-0.2, 0) is 28.9 Å². The Bertz CT molecular complexity index is 1610. The summed E-state index contributed by atoms with van der Waals surface area (Å²) in [6.07, 6.45) is 4.60. The molecule has 6 aliphatic heterocycles. The second kappa shape index (κ2) is 15.0. The summed E-state index contributed by atoms with van der Waals surface area (Å²) in [5, 5.41) is 11.9. The first kappa shape index (κ1) is 33.4. The van der Waals surface area contributed by atoms with Crippen LogP contribution in [0.25, 0.3) is 0 Å². The van der Waals surface area contributed by atoms with E-state index in [2.05, 4.69) is 50.3 Å². The Labute approximate surface area is 279 Å². The molecule has 0 saturated carbocycles. The maximum Gasteiger partial charge on any atom is 1.00 e. The number of nitrogens with zero attached hydrogens (tertiary/aromatic N) is 4. The summed E-state index contributed by atoms with van der Waals surface area (Å²) in [6.45, 7) is 5.48. The number of benzene rings is 3. The van der Waals surface area contributed by atoms with Crippen LogP contribution in [0.4, 0.5) is 17.1 Å². The fraction of sp³-hybridized carbons (Fsp3) is 0.324. The summed E-state index contributed by atoms with van der Waals surface area (Å²) in [5.74, 6) is -0.237. The fourth-order valence-corrected chi connectivity index (χ4v) is 6.19. The van der Waals surface area contributed by atoms with Crippen LogP contribution >= 0.6 is 0 Å². The number of carboxylic acids is 1. The van der Waals surface area contributed by atoms with Gasteiger partial charge in [0.15, 0.2) is 0 Å². The maximum absolute atomic E-state index is 12.4. The summed E-state index contributed by atoms with van der Waals surface area (Å²) in [5.41, 5.74) is 8.53. The number of nitrogens with one attached hydrogen (secondary N) is 1. The third-order valence-corrected chi connectivity index (χ3v) is 8.44. The number of aliphatic imine (C=N–C) groups is 3. The number of piperidine rings is 3. The number of aliphatic carboxylic acids is 1. The first-order valence-corrected chi connectivity index (χ1v) is 14.6. The van der Waals surface area contributed by atoms with Gasteiger partial charge in [0, 0.05) is 37.6 Å². The average Bonchev–Trinajstić information content (AvgIpc) is 3.74. The number of rotatable bonds is 3. The van der Waals surface area contributed by atoms with Crippen LogP contribution in [0, 0.1) is 5.92 Å². The summed E-state index contributed by atoms with van der Waals surface area (Å²) in [7, 11) is 0. The minimum atomic E-state index is -0.925. The van der Waals surface area contributed by atoms with Gasteiger partial charge in [0.2, 0.25) is 0 Å². The molecular formula is C34H36N5NaO4. The van der Waals surface area contributed by atoms with Crippen LogP contribution in [0.3, 0.4) is 0 Å². The zero-order valence-electron chi connectivity index (χ0n) is 25.2. The van der Waals surface area contributed by atoms with Crippen molar-refractivity contribution in [1.82, 2.24) is 10.2 Å². The topological polar surface area (TPSA) is 137 Å². The van der Waals surface area contributed by atoms with Crippen LogP contribution < -0.4 is 34.9 Å². The Kier molecular flexibility index (Phi) is 11.4.